The first-order valence-electron chi connectivity index (χ1n) is 6.51. The molecule has 3 rings (SSSR count). The largest absolute Gasteiger partial charge is 0.364 e. The Balaban J connectivity index is 1.71. The molecule has 1 aromatic heterocycles. The van der Waals surface area contributed by atoms with E-state index in [4.69, 9.17) is 0 Å². The molecule has 0 aromatic carbocycles. The molecule has 3 heteroatoms. The van der Waals surface area contributed by atoms with Crippen LogP contribution in [0.3, 0.4) is 0 Å². The lowest BCUT2D eigenvalue weighted by molar-refractivity contribution is 0.158. The van der Waals surface area contributed by atoms with Crippen molar-refractivity contribution in [2.75, 3.05) is 26.2 Å². The van der Waals surface area contributed by atoms with Gasteiger partial charge in [-0.15, -0.1) is 0 Å². The number of piperazine rings is 1. The van der Waals surface area contributed by atoms with Crippen LogP contribution in [0, 0.1) is 5.92 Å². The quantitative estimate of drug-likeness (QED) is 0.808. The molecule has 0 unspecified atom stereocenters. The predicted molar refractivity (Wildman–Crippen MR) is 65.3 cm³/mol. The molecule has 1 saturated carbocycles. The summed E-state index contributed by atoms with van der Waals surface area (Å²) < 4.78 is 0. The van der Waals surface area contributed by atoms with Crippen LogP contribution in [-0.4, -0.2) is 36.1 Å². The van der Waals surface area contributed by atoms with Gasteiger partial charge >= 0.3 is 0 Å². The molecule has 1 aliphatic carbocycles. The SMILES string of the molecule is c1c[nH]c([C@@H](CC2CC2)N2CCNCC2)c1. The molecular formula is C13H21N3. The van der Waals surface area contributed by atoms with E-state index in [1.807, 2.05) is 0 Å². The topological polar surface area (TPSA) is 31.1 Å². The number of hydrogen-bond donors (Lipinski definition) is 2. The Kier molecular flexibility index (Phi) is 2.98. The molecule has 0 amide bonds. The first-order valence-corrected chi connectivity index (χ1v) is 6.51. The van der Waals surface area contributed by atoms with Gasteiger partial charge in [-0.25, -0.2) is 0 Å². The van der Waals surface area contributed by atoms with E-state index in [0.717, 1.165) is 19.0 Å². The monoisotopic (exact) mass is 219 g/mol. The van der Waals surface area contributed by atoms with E-state index in [1.54, 1.807) is 0 Å². The second kappa shape index (κ2) is 4.60. The smallest absolute Gasteiger partial charge is 0.0502 e. The summed E-state index contributed by atoms with van der Waals surface area (Å²) in [6.45, 7) is 4.66. The highest BCUT2D eigenvalue weighted by Crippen LogP contribution is 2.39. The van der Waals surface area contributed by atoms with Crippen LogP contribution in [0.2, 0.25) is 0 Å². The van der Waals surface area contributed by atoms with Crippen molar-refractivity contribution in [3.05, 3.63) is 24.0 Å². The highest BCUT2D eigenvalue weighted by atomic mass is 15.2. The first kappa shape index (κ1) is 10.4. The highest BCUT2D eigenvalue weighted by Gasteiger charge is 2.30. The van der Waals surface area contributed by atoms with Gasteiger partial charge in [0.15, 0.2) is 0 Å². The second-order valence-electron chi connectivity index (χ2n) is 5.11. The van der Waals surface area contributed by atoms with Gasteiger partial charge in [0.2, 0.25) is 0 Å². The molecule has 3 nitrogen and oxygen atoms in total. The van der Waals surface area contributed by atoms with Crippen molar-refractivity contribution in [3.8, 4) is 0 Å². The molecule has 0 spiro atoms. The van der Waals surface area contributed by atoms with Crippen LogP contribution in [0.1, 0.15) is 31.0 Å². The zero-order chi connectivity index (χ0) is 10.8. The third kappa shape index (κ3) is 2.30. The van der Waals surface area contributed by atoms with Crippen molar-refractivity contribution in [3.63, 3.8) is 0 Å². The van der Waals surface area contributed by atoms with Gasteiger partial charge < -0.3 is 10.3 Å². The summed E-state index contributed by atoms with van der Waals surface area (Å²) in [5.74, 6) is 0.989. The number of hydrogen-bond acceptors (Lipinski definition) is 2. The van der Waals surface area contributed by atoms with Gasteiger partial charge in [0.25, 0.3) is 0 Å². The Hall–Kier alpha value is -0.800. The third-order valence-corrected chi connectivity index (χ3v) is 3.83. The molecule has 1 saturated heterocycles. The molecule has 1 atom stereocenters. The summed E-state index contributed by atoms with van der Waals surface area (Å²) in [7, 11) is 0. The van der Waals surface area contributed by atoms with Crippen molar-refractivity contribution in [2.24, 2.45) is 5.92 Å². The molecule has 0 bridgehead atoms. The standard InChI is InChI=1S/C13H21N3/c1-2-12(15-5-1)13(10-11-3-4-11)16-8-6-14-7-9-16/h1-2,5,11,13-15H,3-4,6-10H2/t13-/m1/s1. The molecule has 0 radical (unpaired) electrons. The maximum absolute atomic E-state index is 3.43. The first-order chi connectivity index (χ1) is 7.93. The van der Waals surface area contributed by atoms with E-state index in [9.17, 15) is 0 Å². The Bertz CT molecular complexity index is 310. The summed E-state index contributed by atoms with van der Waals surface area (Å²) in [5.41, 5.74) is 1.41. The van der Waals surface area contributed by atoms with E-state index in [1.165, 1.54) is 38.0 Å². The highest BCUT2D eigenvalue weighted by molar-refractivity contribution is 5.10. The minimum atomic E-state index is 0.629. The van der Waals surface area contributed by atoms with Gasteiger partial charge in [0, 0.05) is 38.1 Å². The summed E-state index contributed by atoms with van der Waals surface area (Å²) in [4.78, 5) is 6.05. The molecule has 2 aliphatic rings. The van der Waals surface area contributed by atoms with E-state index in [2.05, 4.69) is 33.5 Å². The number of aromatic nitrogens is 1. The molecule has 88 valence electrons. The average Bonchev–Trinajstić information content (AvgIpc) is 3.00. The van der Waals surface area contributed by atoms with Crippen LogP contribution in [-0.2, 0) is 0 Å². The number of aromatic amines is 1. The predicted octanol–water partition coefficient (Wildman–Crippen LogP) is 1.76. The Labute approximate surface area is 97.2 Å². The van der Waals surface area contributed by atoms with Crippen molar-refractivity contribution in [1.82, 2.24) is 15.2 Å². The average molecular weight is 219 g/mol. The fraction of sp³-hybridized carbons (Fsp3) is 0.692. The maximum Gasteiger partial charge on any atom is 0.0502 e. The van der Waals surface area contributed by atoms with Crippen LogP contribution in [0.4, 0.5) is 0 Å². The Morgan fingerprint density at radius 2 is 2.12 bits per heavy atom. The molecule has 2 heterocycles. The lowest BCUT2D eigenvalue weighted by Crippen LogP contribution is -2.45. The van der Waals surface area contributed by atoms with Crippen LogP contribution < -0.4 is 5.32 Å². The van der Waals surface area contributed by atoms with Gasteiger partial charge in [-0.05, 0) is 24.5 Å². The van der Waals surface area contributed by atoms with Gasteiger partial charge in [0.1, 0.15) is 0 Å². The van der Waals surface area contributed by atoms with Gasteiger partial charge in [0.05, 0.1) is 6.04 Å². The van der Waals surface area contributed by atoms with E-state index in [0.29, 0.717) is 6.04 Å². The number of H-pyrrole nitrogens is 1. The Morgan fingerprint density at radius 3 is 2.75 bits per heavy atom. The summed E-state index contributed by atoms with van der Waals surface area (Å²) in [5, 5.41) is 3.43. The number of rotatable bonds is 4. The molecule has 1 aliphatic heterocycles. The van der Waals surface area contributed by atoms with Gasteiger partial charge in [-0.2, -0.15) is 0 Å². The van der Waals surface area contributed by atoms with Crippen LogP contribution in [0.25, 0.3) is 0 Å². The zero-order valence-corrected chi connectivity index (χ0v) is 9.78. The van der Waals surface area contributed by atoms with E-state index in [-0.39, 0.29) is 0 Å². The van der Waals surface area contributed by atoms with Gasteiger partial charge in [-0.3, -0.25) is 4.90 Å². The summed E-state index contributed by atoms with van der Waals surface area (Å²) in [6.07, 6.45) is 6.30. The van der Waals surface area contributed by atoms with Crippen molar-refractivity contribution < 1.29 is 0 Å². The normalized spacial score (nSPS) is 24.5. The Morgan fingerprint density at radius 1 is 1.31 bits per heavy atom. The third-order valence-electron chi connectivity index (χ3n) is 3.83. The van der Waals surface area contributed by atoms with Crippen molar-refractivity contribution >= 4 is 0 Å². The zero-order valence-electron chi connectivity index (χ0n) is 9.78. The van der Waals surface area contributed by atoms with E-state index < -0.39 is 0 Å². The van der Waals surface area contributed by atoms with Crippen LogP contribution in [0.5, 0.6) is 0 Å². The minimum Gasteiger partial charge on any atom is -0.364 e. The molecule has 2 N–H and O–H groups in total. The fourth-order valence-corrected chi connectivity index (χ4v) is 2.69. The van der Waals surface area contributed by atoms with Crippen LogP contribution in [0.15, 0.2) is 18.3 Å². The van der Waals surface area contributed by atoms with Crippen molar-refractivity contribution in [2.45, 2.75) is 25.3 Å². The number of nitrogens with zero attached hydrogens (tertiary/aromatic N) is 1. The summed E-state index contributed by atoms with van der Waals surface area (Å²) in [6, 6.07) is 5.00. The molecular weight excluding hydrogens is 198 g/mol. The molecule has 1 aromatic rings. The van der Waals surface area contributed by atoms with Gasteiger partial charge in [-0.1, -0.05) is 12.8 Å². The maximum atomic E-state index is 3.43. The minimum absolute atomic E-state index is 0.629. The van der Waals surface area contributed by atoms with Crippen LogP contribution >= 0.6 is 0 Å². The second-order valence-corrected chi connectivity index (χ2v) is 5.11. The lowest BCUT2D eigenvalue weighted by atomic mass is 10.0. The lowest BCUT2D eigenvalue weighted by Gasteiger charge is -2.34. The number of nitrogens with one attached hydrogen (secondary N) is 2. The summed E-state index contributed by atoms with van der Waals surface area (Å²) >= 11 is 0. The fourth-order valence-electron chi connectivity index (χ4n) is 2.69. The van der Waals surface area contributed by atoms with E-state index >= 15 is 0 Å². The molecule has 2 fully saturated rings. The molecule has 16 heavy (non-hydrogen) atoms. The van der Waals surface area contributed by atoms with Crippen molar-refractivity contribution in [1.29, 1.82) is 0 Å².